The molecule has 0 saturated carbocycles. The fourth-order valence-electron chi connectivity index (χ4n) is 1.90. The summed E-state index contributed by atoms with van der Waals surface area (Å²) >= 11 is 0. The Morgan fingerprint density at radius 2 is 1.75 bits per heavy atom. The molecule has 0 aromatic heterocycles. The lowest BCUT2D eigenvalue weighted by Crippen LogP contribution is -2.33. The van der Waals surface area contributed by atoms with Crippen LogP contribution in [0.25, 0.3) is 0 Å². The van der Waals surface area contributed by atoms with Crippen LogP contribution in [0.2, 0.25) is 0 Å². The Bertz CT molecular complexity index is 499. The van der Waals surface area contributed by atoms with E-state index in [9.17, 15) is 8.42 Å². The van der Waals surface area contributed by atoms with E-state index in [0.29, 0.717) is 0 Å². The van der Waals surface area contributed by atoms with Crippen LogP contribution in [0.1, 0.15) is 11.1 Å². The van der Waals surface area contributed by atoms with Gasteiger partial charge in [-0.2, -0.15) is 0 Å². The molecule has 0 spiro atoms. The molecule has 16 heavy (non-hydrogen) atoms. The lowest BCUT2D eigenvalue weighted by molar-refractivity contribution is 0.298. The zero-order valence-electron chi connectivity index (χ0n) is 8.89. The zero-order valence-corrected chi connectivity index (χ0v) is 9.70. The minimum absolute atomic E-state index is 0.178. The number of fused-ring (bicyclic) bond motifs is 1. The molecule has 0 fully saturated rings. The summed E-state index contributed by atoms with van der Waals surface area (Å²) < 4.78 is 22.4. The molecule has 0 unspecified atom stereocenters. The molecule has 2 rings (SSSR count). The van der Waals surface area contributed by atoms with Crippen molar-refractivity contribution in [2.24, 2.45) is 11.0 Å². The SMILES string of the molecule is NN1CCc2ccc(S(N)(=O)=O)cc2CC1. The molecule has 0 aliphatic carbocycles. The molecule has 1 aromatic carbocycles. The van der Waals surface area contributed by atoms with Gasteiger partial charge in [0, 0.05) is 13.1 Å². The zero-order chi connectivity index (χ0) is 11.8. The van der Waals surface area contributed by atoms with Crippen LogP contribution < -0.4 is 11.0 Å². The quantitative estimate of drug-likeness (QED) is 0.655. The molecule has 4 N–H and O–H groups in total. The molecule has 1 aliphatic heterocycles. The summed E-state index contributed by atoms with van der Waals surface area (Å²) in [6.45, 7) is 1.53. The van der Waals surface area contributed by atoms with Gasteiger partial charge in [-0.25, -0.2) is 18.6 Å². The van der Waals surface area contributed by atoms with E-state index in [1.165, 1.54) is 0 Å². The largest absolute Gasteiger partial charge is 0.269 e. The fourth-order valence-corrected chi connectivity index (χ4v) is 2.46. The Kier molecular flexibility index (Phi) is 2.98. The molecule has 0 radical (unpaired) electrons. The highest BCUT2D eigenvalue weighted by Gasteiger charge is 2.15. The van der Waals surface area contributed by atoms with Crippen LogP contribution in [0.15, 0.2) is 23.1 Å². The second kappa shape index (κ2) is 4.14. The predicted molar refractivity (Wildman–Crippen MR) is 61.0 cm³/mol. The summed E-state index contributed by atoms with van der Waals surface area (Å²) in [4.78, 5) is 0.178. The average molecular weight is 241 g/mol. The normalized spacial score (nSPS) is 17.9. The minimum atomic E-state index is -3.61. The molecule has 0 atom stereocenters. The third-order valence-corrected chi connectivity index (χ3v) is 3.75. The van der Waals surface area contributed by atoms with Gasteiger partial charge in [0.25, 0.3) is 0 Å². The third-order valence-electron chi connectivity index (χ3n) is 2.84. The van der Waals surface area contributed by atoms with E-state index in [4.69, 9.17) is 11.0 Å². The van der Waals surface area contributed by atoms with Crippen molar-refractivity contribution in [3.8, 4) is 0 Å². The van der Waals surface area contributed by atoms with Crippen molar-refractivity contribution in [1.82, 2.24) is 5.01 Å². The van der Waals surface area contributed by atoms with Crippen LogP contribution in [-0.4, -0.2) is 26.5 Å². The van der Waals surface area contributed by atoms with Crippen molar-refractivity contribution in [3.05, 3.63) is 29.3 Å². The molecule has 1 aromatic rings. The number of primary sulfonamides is 1. The highest BCUT2D eigenvalue weighted by Crippen LogP contribution is 2.18. The van der Waals surface area contributed by atoms with Gasteiger partial charge in [-0.05, 0) is 36.1 Å². The molecular weight excluding hydrogens is 226 g/mol. The van der Waals surface area contributed by atoms with Crippen LogP contribution in [-0.2, 0) is 22.9 Å². The first-order chi connectivity index (χ1) is 7.47. The first-order valence-corrected chi connectivity index (χ1v) is 6.66. The molecule has 0 saturated heterocycles. The first kappa shape index (κ1) is 11.5. The van der Waals surface area contributed by atoms with Crippen molar-refractivity contribution in [1.29, 1.82) is 0 Å². The lowest BCUT2D eigenvalue weighted by Gasteiger charge is -2.10. The van der Waals surface area contributed by atoms with Gasteiger partial charge in [-0.3, -0.25) is 5.84 Å². The van der Waals surface area contributed by atoms with Crippen LogP contribution in [0, 0.1) is 0 Å². The van der Waals surface area contributed by atoms with Gasteiger partial charge in [0.05, 0.1) is 4.90 Å². The molecule has 88 valence electrons. The number of benzene rings is 1. The predicted octanol–water partition coefficient (Wildman–Crippen LogP) is -0.392. The lowest BCUT2D eigenvalue weighted by atomic mass is 10.0. The van der Waals surface area contributed by atoms with E-state index in [1.807, 2.05) is 6.07 Å². The van der Waals surface area contributed by atoms with Crippen molar-refractivity contribution < 1.29 is 8.42 Å². The number of hydrogen-bond acceptors (Lipinski definition) is 4. The van der Waals surface area contributed by atoms with Gasteiger partial charge < -0.3 is 0 Å². The summed E-state index contributed by atoms with van der Waals surface area (Å²) in [5, 5.41) is 6.84. The first-order valence-electron chi connectivity index (χ1n) is 5.11. The topological polar surface area (TPSA) is 89.4 Å². The van der Waals surface area contributed by atoms with Crippen LogP contribution >= 0.6 is 0 Å². The Balaban J connectivity index is 2.40. The highest BCUT2D eigenvalue weighted by molar-refractivity contribution is 7.89. The van der Waals surface area contributed by atoms with Crippen LogP contribution in [0.5, 0.6) is 0 Å². The smallest absolute Gasteiger partial charge is 0.238 e. The Morgan fingerprint density at radius 3 is 2.38 bits per heavy atom. The molecule has 5 nitrogen and oxygen atoms in total. The van der Waals surface area contributed by atoms with E-state index in [2.05, 4.69) is 0 Å². The maximum atomic E-state index is 11.2. The highest BCUT2D eigenvalue weighted by atomic mass is 32.2. The molecule has 6 heteroatoms. The van der Waals surface area contributed by atoms with Gasteiger partial charge in [-0.1, -0.05) is 6.07 Å². The number of nitrogens with zero attached hydrogens (tertiary/aromatic N) is 1. The van der Waals surface area contributed by atoms with Crippen molar-refractivity contribution in [2.75, 3.05) is 13.1 Å². The Morgan fingerprint density at radius 1 is 1.12 bits per heavy atom. The second-order valence-electron chi connectivity index (χ2n) is 4.01. The van der Waals surface area contributed by atoms with Crippen molar-refractivity contribution >= 4 is 10.0 Å². The molecule has 1 heterocycles. The van der Waals surface area contributed by atoms with E-state index in [1.54, 1.807) is 17.1 Å². The fraction of sp³-hybridized carbons (Fsp3) is 0.400. The third kappa shape index (κ3) is 2.41. The van der Waals surface area contributed by atoms with Crippen LogP contribution in [0.4, 0.5) is 0 Å². The standard InChI is InChI=1S/C10H15N3O2S/c11-13-5-3-8-1-2-10(16(12,14)15)7-9(8)4-6-13/h1-2,7H,3-6,11H2,(H2,12,14,15). The van der Waals surface area contributed by atoms with Gasteiger partial charge in [0.2, 0.25) is 10.0 Å². The average Bonchev–Trinajstić information content (AvgIpc) is 2.39. The van der Waals surface area contributed by atoms with Gasteiger partial charge >= 0.3 is 0 Å². The number of sulfonamides is 1. The van der Waals surface area contributed by atoms with E-state index in [-0.39, 0.29) is 4.90 Å². The maximum Gasteiger partial charge on any atom is 0.238 e. The molecular formula is C10H15N3O2S. The van der Waals surface area contributed by atoms with E-state index in [0.717, 1.165) is 37.1 Å². The van der Waals surface area contributed by atoms with Crippen LogP contribution in [0.3, 0.4) is 0 Å². The number of rotatable bonds is 1. The van der Waals surface area contributed by atoms with Gasteiger partial charge in [-0.15, -0.1) is 0 Å². The van der Waals surface area contributed by atoms with E-state index >= 15 is 0 Å². The summed E-state index contributed by atoms with van der Waals surface area (Å²) in [5.74, 6) is 5.73. The van der Waals surface area contributed by atoms with Gasteiger partial charge in [0.1, 0.15) is 0 Å². The molecule has 1 aliphatic rings. The number of hydrazine groups is 1. The summed E-state index contributed by atoms with van der Waals surface area (Å²) in [6, 6.07) is 5.04. The van der Waals surface area contributed by atoms with Crippen molar-refractivity contribution in [2.45, 2.75) is 17.7 Å². The summed E-state index contributed by atoms with van der Waals surface area (Å²) in [5.41, 5.74) is 2.18. The molecule has 0 amide bonds. The molecule has 0 bridgehead atoms. The Hall–Kier alpha value is -0.950. The number of nitrogens with two attached hydrogens (primary N) is 2. The summed E-state index contributed by atoms with van der Waals surface area (Å²) in [7, 11) is -3.61. The monoisotopic (exact) mass is 241 g/mol. The minimum Gasteiger partial charge on any atom is -0.269 e. The van der Waals surface area contributed by atoms with E-state index < -0.39 is 10.0 Å². The second-order valence-corrected chi connectivity index (χ2v) is 5.57. The number of hydrogen-bond donors (Lipinski definition) is 2. The maximum absolute atomic E-state index is 11.2. The van der Waals surface area contributed by atoms with Crippen molar-refractivity contribution in [3.63, 3.8) is 0 Å². The summed E-state index contributed by atoms with van der Waals surface area (Å²) in [6.07, 6.45) is 1.60. The van der Waals surface area contributed by atoms with Gasteiger partial charge in [0.15, 0.2) is 0 Å². The Labute approximate surface area is 95.1 Å².